The fourth-order valence-corrected chi connectivity index (χ4v) is 6.33. The van der Waals surface area contributed by atoms with E-state index in [1.54, 1.807) is 6.92 Å². The second kappa shape index (κ2) is 19.6. The maximum absolute atomic E-state index is 14.1. The van der Waals surface area contributed by atoms with Crippen molar-refractivity contribution in [2.45, 2.75) is 96.5 Å². The van der Waals surface area contributed by atoms with Gasteiger partial charge in [0.2, 0.25) is 23.6 Å². The standard InChI is InChI=1S/C40H57N5O7/c1-27(2)22-32(36(47)40(5)26-52-40)42-39(50)34(24-30-14-10-7-11-15-30)44-38(49)33(23-28(3)4)43-37(48)31(17-16-29-12-8-6-9-13-29)41-35(46)25-45-18-20-51-21-19-45/h6-15,27-28,31-34H,16-26H2,1-5H3,(H,41,46)(H,42,50)(H,43,48)(H,44,49)/t31-,32-,33?,34+,40+/m0/s1. The highest BCUT2D eigenvalue weighted by Crippen LogP contribution is 2.29. The van der Waals surface area contributed by atoms with Crippen molar-refractivity contribution < 1.29 is 33.4 Å². The van der Waals surface area contributed by atoms with E-state index in [2.05, 4.69) is 21.3 Å². The molecule has 2 fully saturated rings. The molecule has 4 rings (SSSR count). The zero-order valence-electron chi connectivity index (χ0n) is 31.3. The van der Waals surface area contributed by atoms with Crippen LogP contribution >= 0.6 is 0 Å². The van der Waals surface area contributed by atoms with Crippen LogP contribution in [0, 0.1) is 11.8 Å². The molecule has 2 aromatic carbocycles. The predicted molar refractivity (Wildman–Crippen MR) is 198 cm³/mol. The van der Waals surface area contributed by atoms with Crippen LogP contribution in [0.25, 0.3) is 0 Å². The van der Waals surface area contributed by atoms with Crippen LogP contribution in [-0.4, -0.2) is 104 Å². The first-order valence-corrected chi connectivity index (χ1v) is 18.6. The monoisotopic (exact) mass is 719 g/mol. The van der Waals surface area contributed by atoms with Gasteiger partial charge in [-0.1, -0.05) is 88.4 Å². The van der Waals surface area contributed by atoms with Gasteiger partial charge in [0.25, 0.3) is 0 Å². The molecule has 1 unspecified atom stereocenters. The van der Waals surface area contributed by atoms with Crippen molar-refractivity contribution in [3.63, 3.8) is 0 Å². The van der Waals surface area contributed by atoms with E-state index in [1.807, 2.05) is 93.3 Å². The summed E-state index contributed by atoms with van der Waals surface area (Å²) in [6.07, 6.45) is 1.76. The number of epoxide rings is 1. The number of nitrogens with one attached hydrogen (secondary N) is 4. The summed E-state index contributed by atoms with van der Waals surface area (Å²) in [4.78, 5) is 70.5. The largest absolute Gasteiger partial charge is 0.379 e. The lowest BCUT2D eigenvalue weighted by Crippen LogP contribution is -2.59. The highest BCUT2D eigenvalue weighted by molar-refractivity contribution is 5.98. The summed E-state index contributed by atoms with van der Waals surface area (Å²) in [6.45, 7) is 12.3. The third-order valence-electron chi connectivity index (χ3n) is 9.38. The lowest BCUT2D eigenvalue weighted by atomic mass is 9.93. The molecule has 4 amide bonds. The predicted octanol–water partition coefficient (Wildman–Crippen LogP) is 2.58. The summed E-state index contributed by atoms with van der Waals surface area (Å²) in [5, 5.41) is 11.7. The van der Waals surface area contributed by atoms with Crippen molar-refractivity contribution in [3.8, 4) is 0 Å². The Kier molecular flexibility index (Phi) is 15.3. The zero-order valence-corrected chi connectivity index (χ0v) is 31.3. The number of benzene rings is 2. The van der Waals surface area contributed by atoms with E-state index in [1.165, 1.54) is 0 Å². The minimum atomic E-state index is -1.03. The summed E-state index contributed by atoms with van der Waals surface area (Å²) < 4.78 is 10.8. The molecule has 2 aliphatic heterocycles. The van der Waals surface area contributed by atoms with Crippen molar-refractivity contribution in [1.82, 2.24) is 26.2 Å². The van der Waals surface area contributed by atoms with E-state index in [0.717, 1.165) is 11.1 Å². The number of ether oxygens (including phenoxy) is 2. The molecule has 0 radical (unpaired) electrons. The van der Waals surface area contributed by atoms with Crippen molar-refractivity contribution in [2.75, 3.05) is 39.5 Å². The second-order valence-corrected chi connectivity index (χ2v) is 15.0. The van der Waals surface area contributed by atoms with Crippen LogP contribution in [0.15, 0.2) is 60.7 Å². The van der Waals surface area contributed by atoms with E-state index in [9.17, 15) is 24.0 Å². The molecule has 5 atom stereocenters. The molecule has 12 nitrogen and oxygen atoms in total. The van der Waals surface area contributed by atoms with Gasteiger partial charge in [-0.3, -0.25) is 28.9 Å². The number of carbonyl (C=O) groups excluding carboxylic acids is 5. The van der Waals surface area contributed by atoms with Crippen LogP contribution in [0.4, 0.5) is 0 Å². The van der Waals surface area contributed by atoms with Gasteiger partial charge in [0.15, 0.2) is 5.78 Å². The normalized spacial score (nSPS) is 19.6. The van der Waals surface area contributed by atoms with Gasteiger partial charge in [-0.05, 0) is 55.6 Å². The highest BCUT2D eigenvalue weighted by Gasteiger charge is 2.50. The molecule has 0 spiro atoms. The first-order valence-electron chi connectivity index (χ1n) is 18.6. The Morgan fingerprint density at radius 1 is 0.692 bits per heavy atom. The summed E-state index contributed by atoms with van der Waals surface area (Å²) in [6, 6.07) is 15.3. The molecule has 0 aromatic heterocycles. The van der Waals surface area contributed by atoms with Crippen LogP contribution in [0.3, 0.4) is 0 Å². The smallest absolute Gasteiger partial charge is 0.243 e. The molecule has 4 N–H and O–H groups in total. The maximum Gasteiger partial charge on any atom is 0.243 e. The lowest BCUT2D eigenvalue weighted by molar-refractivity contribution is -0.135. The van der Waals surface area contributed by atoms with Gasteiger partial charge < -0.3 is 30.7 Å². The SMILES string of the molecule is CC(C)CC(NC(=O)[C@H](CCc1ccccc1)NC(=O)CN1CCOCC1)C(=O)N[C@H](Cc1ccccc1)C(=O)N[C@@H](CC(C)C)C(=O)[C@@]1(C)CO1. The molecule has 2 aromatic rings. The topological polar surface area (TPSA) is 158 Å². The van der Waals surface area contributed by atoms with Crippen molar-refractivity contribution in [1.29, 1.82) is 0 Å². The summed E-state index contributed by atoms with van der Waals surface area (Å²) in [7, 11) is 0. The lowest BCUT2D eigenvalue weighted by Gasteiger charge is -2.29. The zero-order chi connectivity index (χ0) is 37.7. The minimum Gasteiger partial charge on any atom is -0.379 e. The number of nitrogens with zero attached hydrogens (tertiary/aromatic N) is 1. The Bertz CT molecular complexity index is 1480. The van der Waals surface area contributed by atoms with Gasteiger partial charge >= 0.3 is 0 Å². The van der Waals surface area contributed by atoms with Crippen LogP contribution in [-0.2, 0) is 46.3 Å². The molecule has 2 aliphatic rings. The van der Waals surface area contributed by atoms with Crippen LogP contribution in [0.2, 0.25) is 0 Å². The molecule has 0 aliphatic carbocycles. The van der Waals surface area contributed by atoms with Gasteiger partial charge in [-0.15, -0.1) is 0 Å². The summed E-state index contributed by atoms with van der Waals surface area (Å²) >= 11 is 0. The van der Waals surface area contributed by atoms with E-state index >= 15 is 0 Å². The fourth-order valence-electron chi connectivity index (χ4n) is 6.33. The number of hydrogen-bond donors (Lipinski definition) is 4. The quantitative estimate of drug-likeness (QED) is 0.152. The van der Waals surface area contributed by atoms with E-state index in [4.69, 9.17) is 9.47 Å². The fraction of sp³-hybridized carbons (Fsp3) is 0.575. The average Bonchev–Trinajstić information content (AvgIpc) is 3.87. The number of amides is 4. The molecule has 2 heterocycles. The third-order valence-corrected chi connectivity index (χ3v) is 9.38. The molecular formula is C40H57N5O7. The molecule has 0 saturated carbocycles. The number of rotatable bonds is 20. The van der Waals surface area contributed by atoms with Crippen LogP contribution < -0.4 is 21.3 Å². The average molecular weight is 720 g/mol. The first kappa shape index (κ1) is 40.6. The minimum absolute atomic E-state index is 0.0171. The molecule has 0 bridgehead atoms. The van der Waals surface area contributed by atoms with Crippen molar-refractivity contribution >= 4 is 29.4 Å². The van der Waals surface area contributed by atoms with Gasteiger partial charge in [-0.2, -0.15) is 0 Å². The summed E-state index contributed by atoms with van der Waals surface area (Å²) in [5.41, 5.74) is 0.915. The first-order chi connectivity index (χ1) is 24.8. The number of Topliss-reactive ketones (excluding diaryl/α,β-unsaturated/α-hetero) is 1. The number of carbonyl (C=O) groups is 5. The van der Waals surface area contributed by atoms with E-state index in [-0.39, 0.29) is 36.5 Å². The van der Waals surface area contributed by atoms with E-state index < -0.39 is 47.5 Å². The molecular weight excluding hydrogens is 662 g/mol. The Morgan fingerprint density at radius 3 is 1.77 bits per heavy atom. The number of hydrogen-bond acceptors (Lipinski definition) is 8. The van der Waals surface area contributed by atoms with Gasteiger partial charge in [0, 0.05) is 19.5 Å². The molecule has 12 heteroatoms. The molecule has 2 saturated heterocycles. The van der Waals surface area contributed by atoms with Gasteiger partial charge in [0.05, 0.1) is 32.4 Å². The Hall–Kier alpha value is -4.13. The van der Waals surface area contributed by atoms with Gasteiger partial charge in [-0.25, -0.2) is 0 Å². The van der Waals surface area contributed by atoms with Gasteiger partial charge in [0.1, 0.15) is 23.7 Å². The third kappa shape index (κ3) is 13.1. The number of aryl methyl sites for hydroxylation is 1. The second-order valence-electron chi connectivity index (χ2n) is 15.0. The maximum atomic E-state index is 14.1. The summed E-state index contributed by atoms with van der Waals surface area (Å²) in [5.74, 6) is -1.83. The molecule has 284 valence electrons. The van der Waals surface area contributed by atoms with Crippen LogP contribution in [0.5, 0.6) is 0 Å². The van der Waals surface area contributed by atoms with Crippen molar-refractivity contribution in [3.05, 3.63) is 71.8 Å². The number of morpholine rings is 1. The molecule has 52 heavy (non-hydrogen) atoms. The Labute approximate surface area is 308 Å². The van der Waals surface area contributed by atoms with Crippen LogP contribution in [0.1, 0.15) is 65.0 Å². The number of ketones is 1. The van der Waals surface area contributed by atoms with Crippen molar-refractivity contribution in [2.24, 2.45) is 11.8 Å². The Balaban J connectivity index is 1.51. The Morgan fingerprint density at radius 2 is 1.19 bits per heavy atom. The van der Waals surface area contributed by atoms with E-state index in [0.29, 0.717) is 58.6 Å². The highest BCUT2D eigenvalue weighted by atomic mass is 16.6.